The Labute approximate surface area is 94.4 Å². The van der Waals surface area contributed by atoms with E-state index in [0.717, 1.165) is 17.7 Å². The molecule has 0 aliphatic rings. The van der Waals surface area contributed by atoms with E-state index in [4.69, 9.17) is 5.26 Å². The molecule has 0 spiro atoms. The van der Waals surface area contributed by atoms with E-state index in [1.54, 1.807) is 6.20 Å². The molecule has 0 N–H and O–H groups in total. The predicted octanol–water partition coefficient (Wildman–Crippen LogP) is 2.58. The normalized spacial score (nSPS) is 9.75. The maximum atomic E-state index is 8.72. The van der Waals surface area contributed by atoms with Gasteiger partial charge in [-0.05, 0) is 18.1 Å². The van der Waals surface area contributed by atoms with Gasteiger partial charge in [-0.3, -0.25) is 0 Å². The number of aryl methyl sites for hydroxylation is 1. The maximum absolute atomic E-state index is 8.72. The molecule has 16 heavy (non-hydrogen) atoms. The molecule has 1 heterocycles. The van der Waals surface area contributed by atoms with Gasteiger partial charge in [0.15, 0.2) is 0 Å². The fourth-order valence-electron chi connectivity index (χ4n) is 1.48. The highest BCUT2D eigenvalue weighted by atomic mass is 14.9. The van der Waals surface area contributed by atoms with Crippen molar-refractivity contribution in [3.05, 3.63) is 47.9 Å². The van der Waals surface area contributed by atoms with Gasteiger partial charge >= 0.3 is 0 Å². The molecule has 1 aromatic carbocycles. The summed E-state index contributed by atoms with van der Waals surface area (Å²) in [7, 11) is 0. The van der Waals surface area contributed by atoms with Crippen LogP contribution in [0.15, 0.2) is 36.5 Å². The van der Waals surface area contributed by atoms with Crippen LogP contribution in [0.2, 0.25) is 0 Å². The molecule has 2 aromatic rings. The van der Waals surface area contributed by atoms with E-state index in [1.807, 2.05) is 24.3 Å². The lowest BCUT2D eigenvalue weighted by Gasteiger charge is -2.01. The summed E-state index contributed by atoms with van der Waals surface area (Å²) in [5.74, 6) is 0.206. The molecule has 0 radical (unpaired) electrons. The smallest absolute Gasteiger partial charge is 0.227 e. The lowest BCUT2D eigenvalue weighted by Crippen LogP contribution is -1.91. The Hall–Kier alpha value is -2.21. The van der Waals surface area contributed by atoms with E-state index < -0.39 is 0 Å². The summed E-state index contributed by atoms with van der Waals surface area (Å²) in [6.45, 7) is 2.12. The second-order valence-electron chi connectivity index (χ2n) is 3.43. The SMILES string of the molecule is CCc1ccc(-c2ccnc(C#N)n2)cc1. The summed E-state index contributed by atoms with van der Waals surface area (Å²) in [5.41, 5.74) is 3.09. The molecule has 0 saturated heterocycles. The Morgan fingerprint density at radius 2 is 1.94 bits per heavy atom. The molecule has 1 aromatic heterocycles. The summed E-state index contributed by atoms with van der Waals surface area (Å²) in [4.78, 5) is 7.99. The molecule has 0 amide bonds. The first-order valence-electron chi connectivity index (χ1n) is 5.16. The summed E-state index contributed by atoms with van der Waals surface area (Å²) in [6, 6.07) is 11.9. The highest BCUT2D eigenvalue weighted by Crippen LogP contribution is 2.17. The topological polar surface area (TPSA) is 49.6 Å². The Balaban J connectivity index is 2.39. The third-order valence-corrected chi connectivity index (χ3v) is 2.41. The molecule has 78 valence electrons. The zero-order valence-corrected chi connectivity index (χ0v) is 9.01. The van der Waals surface area contributed by atoms with Crippen molar-refractivity contribution in [2.75, 3.05) is 0 Å². The number of nitrogens with zero attached hydrogens (tertiary/aromatic N) is 3. The average Bonchev–Trinajstić information content (AvgIpc) is 2.39. The first kappa shape index (κ1) is 10.3. The van der Waals surface area contributed by atoms with Gasteiger partial charge in [0, 0.05) is 11.8 Å². The van der Waals surface area contributed by atoms with Crippen LogP contribution in [0.3, 0.4) is 0 Å². The number of hydrogen-bond donors (Lipinski definition) is 0. The summed E-state index contributed by atoms with van der Waals surface area (Å²) in [6.07, 6.45) is 2.63. The van der Waals surface area contributed by atoms with Crippen molar-refractivity contribution < 1.29 is 0 Å². The molecule has 3 nitrogen and oxygen atoms in total. The minimum absolute atomic E-state index is 0.206. The predicted molar refractivity (Wildman–Crippen MR) is 61.6 cm³/mol. The highest BCUT2D eigenvalue weighted by molar-refractivity contribution is 5.59. The van der Waals surface area contributed by atoms with E-state index in [9.17, 15) is 0 Å². The molecule has 0 aliphatic carbocycles. The molecule has 0 aliphatic heterocycles. The van der Waals surface area contributed by atoms with Crippen molar-refractivity contribution in [2.24, 2.45) is 0 Å². The van der Waals surface area contributed by atoms with Gasteiger partial charge in [0.25, 0.3) is 0 Å². The van der Waals surface area contributed by atoms with Crippen LogP contribution in [0.5, 0.6) is 0 Å². The van der Waals surface area contributed by atoms with Gasteiger partial charge in [-0.25, -0.2) is 9.97 Å². The maximum Gasteiger partial charge on any atom is 0.232 e. The lowest BCUT2D eigenvalue weighted by atomic mass is 10.1. The van der Waals surface area contributed by atoms with Crippen LogP contribution >= 0.6 is 0 Å². The van der Waals surface area contributed by atoms with Crippen LogP contribution in [0, 0.1) is 11.3 Å². The van der Waals surface area contributed by atoms with Crippen molar-refractivity contribution in [3.8, 4) is 17.3 Å². The Bertz CT molecular complexity index is 524. The number of aromatic nitrogens is 2. The Morgan fingerprint density at radius 1 is 1.19 bits per heavy atom. The minimum Gasteiger partial charge on any atom is -0.227 e. The number of nitriles is 1. The molecule has 0 unspecified atom stereocenters. The quantitative estimate of drug-likeness (QED) is 0.763. The van der Waals surface area contributed by atoms with E-state index in [1.165, 1.54) is 5.56 Å². The van der Waals surface area contributed by atoms with Gasteiger partial charge in [-0.1, -0.05) is 31.2 Å². The molecule has 2 rings (SSSR count). The highest BCUT2D eigenvalue weighted by Gasteiger charge is 2.01. The van der Waals surface area contributed by atoms with Gasteiger partial charge in [0.05, 0.1) is 5.69 Å². The fourth-order valence-corrected chi connectivity index (χ4v) is 1.48. The lowest BCUT2D eigenvalue weighted by molar-refractivity contribution is 1.11. The monoisotopic (exact) mass is 209 g/mol. The Kier molecular flexibility index (Phi) is 2.93. The number of rotatable bonds is 2. The molecule has 0 atom stereocenters. The van der Waals surface area contributed by atoms with Gasteiger partial charge in [-0.15, -0.1) is 0 Å². The van der Waals surface area contributed by atoms with Crippen LogP contribution in [-0.4, -0.2) is 9.97 Å². The first-order chi connectivity index (χ1) is 7.83. The van der Waals surface area contributed by atoms with E-state index in [2.05, 4.69) is 29.0 Å². The van der Waals surface area contributed by atoms with Crippen LogP contribution in [0.1, 0.15) is 18.3 Å². The van der Waals surface area contributed by atoms with Gasteiger partial charge in [-0.2, -0.15) is 5.26 Å². The van der Waals surface area contributed by atoms with Gasteiger partial charge in [0.1, 0.15) is 6.07 Å². The van der Waals surface area contributed by atoms with Crippen LogP contribution in [-0.2, 0) is 6.42 Å². The van der Waals surface area contributed by atoms with Crippen LogP contribution in [0.4, 0.5) is 0 Å². The van der Waals surface area contributed by atoms with Crippen molar-refractivity contribution in [1.29, 1.82) is 5.26 Å². The van der Waals surface area contributed by atoms with E-state index in [-0.39, 0.29) is 5.82 Å². The van der Waals surface area contributed by atoms with Gasteiger partial charge in [0.2, 0.25) is 5.82 Å². The van der Waals surface area contributed by atoms with E-state index in [0.29, 0.717) is 0 Å². The van der Waals surface area contributed by atoms with Crippen LogP contribution in [0.25, 0.3) is 11.3 Å². The largest absolute Gasteiger partial charge is 0.232 e. The second-order valence-corrected chi connectivity index (χ2v) is 3.43. The molecule has 0 saturated carbocycles. The summed E-state index contributed by atoms with van der Waals surface area (Å²) in [5, 5.41) is 8.72. The number of benzene rings is 1. The zero-order valence-electron chi connectivity index (χ0n) is 9.01. The summed E-state index contributed by atoms with van der Waals surface area (Å²) >= 11 is 0. The average molecular weight is 209 g/mol. The first-order valence-corrected chi connectivity index (χ1v) is 5.16. The zero-order chi connectivity index (χ0) is 11.4. The molecular formula is C13H11N3. The van der Waals surface area contributed by atoms with Gasteiger partial charge < -0.3 is 0 Å². The van der Waals surface area contributed by atoms with Crippen LogP contribution < -0.4 is 0 Å². The fraction of sp³-hybridized carbons (Fsp3) is 0.154. The van der Waals surface area contributed by atoms with Crippen molar-refractivity contribution >= 4 is 0 Å². The van der Waals surface area contributed by atoms with Crippen molar-refractivity contribution in [3.63, 3.8) is 0 Å². The standard InChI is InChI=1S/C13H11N3/c1-2-10-3-5-11(6-4-10)12-7-8-15-13(9-14)16-12/h3-8H,2H2,1H3. The Morgan fingerprint density at radius 3 is 2.56 bits per heavy atom. The van der Waals surface area contributed by atoms with E-state index >= 15 is 0 Å². The second kappa shape index (κ2) is 4.54. The molecular weight excluding hydrogens is 198 g/mol. The summed E-state index contributed by atoms with van der Waals surface area (Å²) < 4.78 is 0. The third-order valence-electron chi connectivity index (χ3n) is 2.41. The molecule has 0 fully saturated rings. The minimum atomic E-state index is 0.206. The molecule has 3 heteroatoms. The molecule has 0 bridgehead atoms. The van der Waals surface area contributed by atoms with Crippen molar-refractivity contribution in [1.82, 2.24) is 9.97 Å². The van der Waals surface area contributed by atoms with Crippen molar-refractivity contribution in [2.45, 2.75) is 13.3 Å². The third kappa shape index (κ3) is 2.06. The number of hydrogen-bond acceptors (Lipinski definition) is 3.